The first-order valence-corrected chi connectivity index (χ1v) is 11.1. The van der Waals surface area contributed by atoms with E-state index < -0.39 is 12.0 Å². The maximum Gasteiger partial charge on any atom is 0.218 e. The number of fused-ring (bicyclic) bond motifs is 2. The topological polar surface area (TPSA) is 109 Å². The highest BCUT2D eigenvalue weighted by Crippen LogP contribution is 2.35. The van der Waals surface area contributed by atoms with Crippen LogP contribution in [0.5, 0.6) is 5.88 Å². The SMILES string of the molecule is CNc1ccc(-c2cn3ncc4c3nc2NCc2cc(F)cnc2O[C@@H](C)CNC4O)c(Cl)c1. The van der Waals surface area contributed by atoms with Gasteiger partial charge in [0.05, 0.1) is 23.0 Å². The van der Waals surface area contributed by atoms with Gasteiger partial charge in [0.1, 0.15) is 24.0 Å². The van der Waals surface area contributed by atoms with Gasteiger partial charge in [-0.1, -0.05) is 17.7 Å². The van der Waals surface area contributed by atoms with E-state index in [2.05, 4.69) is 26.0 Å². The Morgan fingerprint density at radius 2 is 2.12 bits per heavy atom. The zero-order valence-electron chi connectivity index (χ0n) is 18.5. The van der Waals surface area contributed by atoms with Crippen molar-refractivity contribution < 1.29 is 14.2 Å². The Labute approximate surface area is 200 Å². The minimum atomic E-state index is -1.02. The van der Waals surface area contributed by atoms with Crippen LogP contribution in [0.15, 0.2) is 42.9 Å². The van der Waals surface area contributed by atoms with Crippen LogP contribution in [-0.4, -0.2) is 44.4 Å². The fourth-order valence-electron chi connectivity index (χ4n) is 3.84. The molecule has 5 rings (SSSR count). The molecule has 0 saturated carbocycles. The predicted molar refractivity (Wildman–Crippen MR) is 128 cm³/mol. The molecule has 4 heterocycles. The lowest BCUT2D eigenvalue weighted by molar-refractivity contribution is 0.115. The summed E-state index contributed by atoms with van der Waals surface area (Å²) in [4.78, 5) is 8.88. The standard InChI is InChI=1S/C23H23ClFN7O2/c1-12-7-28-22(33)17-10-30-32-11-18(16-4-3-15(26-2)6-19(16)24)20(31-21(17)32)27-8-13-5-14(25)9-29-23(13)34-12/h3-6,9-12,22,26,28,33H,7-8H2,1-2H3,(H,27,31)/t12-,22?/m0/s1. The van der Waals surface area contributed by atoms with Crippen molar-refractivity contribution in [3.63, 3.8) is 0 Å². The van der Waals surface area contributed by atoms with E-state index in [1.807, 2.05) is 32.2 Å². The van der Waals surface area contributed by atoms with E-state index in [4.69, 9.17) is 21.3 Å². The molecular weight excluding hydrogens is 461 g/mol. The second-order valence-corrected chi connectivity index (χ2v) is 8.43. The molecule has 0 fully saturated rings. The summed E-state index contributed by atoms with van der Waals surface area (Å²) in [6.07, 6.45) is 3.12. The first-order chi connectivity index (χ1) is 16.4. The van der Waals surface area contributed by atoms with Crippen LogP contribution in [0.25, 0.3) is 16.8 Å². The van der Waals surface area contributed by atoms with Gasteiger partial charge in [0.15, 0.2) is 5.65 Å². The zero-order valence-corrected chi connectivity index (χ0v) is 19.3. The smallest absolute Gasteiger partial charge is 0.218 e. The summed E-state index contributed by atoms with van der Waals surface area (Å²) in [5, 5.41) is 25.0. The van der Waals surface area contributed by atoms with Crippen LogP contribution in [0.1, 0.15) is 24.3 Å². The highest BCUT2D eigenvalue weighted by molar-refractivity contribution is 6.33. The van der Waals surface area contributed by atoms with E-state index in [-0.39, 0.29) is 12.6 Å². The van der Waals surface area contributed by atoms with E-state index in [1.54, 1.807) is 16.9 Å². The van der Waals surface area contributed by atoms with Crippen molar-refractivity contribution in [2.45, 2.75) is 25.8 Å². The fraction of sp³-hybridized carbons (Fsp3) is 0.261. The second kappa shape index (κ2) is 9.05. The predicted octanol–water partition coefficient (Wildman–Crippen LogP) is 3.60. The quantitative estimate of drug-likeness (QED) is 0.342. The number of nitrogens with one attached hydrogen (secondary N) is 3. The van der Waals surface area contributed by atoms with Crippen LogP contribution in [0, 0.1) is 5.82 Å². The fourth-order valence-corrected chi connectivity index (χ4v) is 4.13. The lowest BCUT2D eigenvalue weighted by Gasteiger charge is -2.18. The van der Waals surface area contributed by atoms with Crippen molar-refractivity contribution in [1.82, 2.24) is 24.9 Å². The maximum atomic E-state index is 14.0. The van der Waals surface area contributed by atoms with Crippen molar-refractivity contribution in [3.05, 3.63) is 64.8 Å². The first kappa shape index (κ1) is 22.3. The van der Waals surface area contributed by atoms with Crippen LogP contribution in [0.4, 0.5) is 15.9 Å². The third-order valence-corrected chi connectivity index (χ3v) is 5.93. The summed E-state index contributed by atoms with van der Waals surface area (Å²) < 4.78 is 21.5. The van der Waals surface area contributed by atoms with Crippen LogP contribution in [-0.2, 0) is 6.54 Å². The van der Waals surface area contributed by atoms with E-state index in [1.165, 1.54) is 6.07 Å². The average molecular weight is 484 g/mol. The molecule has 0 radical (unpaired) electrons. The van der Waals surface area contributed by atoms with Gasteiger partial charge in [-0.05, 0) is 25.1 Å². The largest absolute Gasteiger partial charge is 0.473 e. The lowest BCUT2D eigenvalue weighted by atomic mass is 10.1. The monoisotopic (exact) mass is 483 g/mol. The number of aliphatic hydroxyl groups excluding tert-OH is 1. The van der Waals surface area contributed by atoms with Gasteiger partial charge < -0.3 is 20.5 Å². The number of hydrogen-bond donors (Lipinski definition) is 4. The summed E-state index contributed by atoms with van der Waals surface area (Å²) in [5.74, 6) is 0.323. The molecule has 1 aromatic carbocycles. The molecule has 4 N–H and O–H groups in total. The van der Waals surface area contributed by atoms with E-state index in [0.29, 0.717) is 45.6 Å². The minimum Gasteiger partial charge on any atom is -0.473 e. The Bertz CT molecular complexity index is 1360. The minimum absolute atomic E-state index is 0.203. The van der Waals surface area contributed by atoms with Crippen molar-refractivity contribution in [1.29, 1.82) is 0 Å². The molecule has 3 aromatic heterocycles. The third-order valence-electron chi connectivity index (χ3n) is 5.61. The average Bonchev–Trinajstić information content (AvgIpc) is 3.24. The van der Waals surface area contributed by atoms with Gasteiger partial charge in [-0.15, -0.1) is 0 Å². The van der Waals surface area contributed by atoms with Gasteiger partial charge in [0.25, 0.3) is 0 Å². The molecule has 9 nitrogen and oxygen atoms in total. The summed E-state index contributed by atoms with van der Waals surface area (Å²) >= 11 is 6.60. The maximum absolute atomic E-state index is 14.0. The van der Waals surface area contributed by atoms with Crippen LogP contribution < -0.4 is 20.7 Å². The molecule has 2 bridgehead atoms. The molecule has 1 aliphatic heterocycles. The summed E-state index contributed by atoms with van der Waals surface area (Å²) in [7, 11) is 1.82. The van der Waals surface area contributed by atoms with Gasteiger partial charge in [0.2, 0.25) is 5.88 Å². The first-order valence-electron chi connectivity index (χ1n) is 10.8. The van der Waals surface area contributed by atoms with Crippen molar-refractivity contribution >= 4 is 28.8 Å². The highest BCUT2D eigenvalue weighted by atomic mass is 35.5. The molecule has 176 valence electrons. The Morgan fingerprint density at radius 1 is 1.26 bits per heavy atom. The van der Waals surface area contributed by atoms with E-state index >= 15 is 0 Å². The molecule has 0 amide bonds. The van der Waals surface area contributed by atoms with Gasteiger partial charge in [0, 0.05) is 48.7 Å². The number of pyridine rings is 1. The Morgan fingerprint density at radius 3 is 2.91 bits per heavy atom. The third kappa shape index (κ3) is 4.23. The highest BCUT2D eigenvalue weighted by Gasteiger charge is 2.21. The van der Waals surface area contributed by atoms with Crippen LogP contribution in [0.3, 0.4) is 0 Å². The Hall–Kier alpha value is -3.47. The lowest BCUT2D eigenvalue weighted by Crippen LogP contribution is -2.32. The molecule has 4 aromatic rings. The van der Waals surface area contributed by atoms with Gasteiger partial charge in [-0.2, -0.15) is 5.10 Å². The van der Waals surface area contributed by atoms with Crippen molar-refractivity contribution in [2.75, 3.05) is 24.2 Å². The Kier molecular flexibility index (Phi) is 5.94. The molecule has 1 aliphatic rings. The number of rotatable bonds is 2. The van der Waals surface area contributed by atoms with Gasteiger partial charge in [-0.25, -0.2) is 18.9 Å². The summed E-state index contributed by atoms with van der Waals surface area (Å²) in [5.41, 5.74) is 3.81. The van der Waals surface area contributed by atoms with Gasteiger partial charge >= 0.3 is 0 Å². The normalized spacial score (nSPS) is 18.3. The number of benzene rings is 1. The number of hydrogen-bond acceptors (Lipinski definition) is 8. The summed E-state index contributed by atoms with van der Waals surface area (Å²) in [6, 6.07) is 6.99. The zero-order chi connectivity index (χ0) is 23.8. The molecular formula is C23H23ClFN7O2. The molecule has 0 spiro atoms. The summed E-state index contributed by atoms with van der Waals surface area (Å²) in [6.45, 7) is 2.36. The molecule has 0 saturated heterocycles. The molecule has 34 heavy (non-hydrogen) atoms. The van der Waals surface area contributed by atoms with Gasteiger partial charge in [-0.3, -0.25) is 5.32 Å². The van der Waals surface area contributed by atoms with E-state index in [9.17, 15) is 9.50 Å². The molecule has 0 aliphatic carbocycles. The van der Waals surface area contributed by atoms with Crippen LogP contribution in [0.2, 0.25) is 5.02 Å². The number of nitrogens with zero attached hydrogens (tertiary/aromatic N) is 4. The molecule has 11 heteroatoms. The van der Waals surface area contributed by atoms with Crippen LogP contribution >= 0.6 is 11.6 Å². The number of ether oxygens (including phenoxy) is 1. The van der Waals surface area contributed by atoms with Crippen molar-refractivity contribution in [2.24, 2.45) is 0 Å². The number of aromatic nitrogens is 4. The number of aliphatic hydroxyl groups is 1. The Balaban J connectivity index is 1.66. The van der Waals surface area contributed by atoms with E-state index in [0.717, 1.165) is 17.4 Å². The molecule has 2 atom stereocenters. The second-order valence-electron chi connectivity index (χ2n) is 8.03. The molecule has 1 unspecified atom stereocenters. The number of halogens is 2. The number of anilines is 2. The van der Waals surface area contributed by atoms with Crippen molar-refractivity contribution in [3.8, 4) is 17.0 Å².